The number of carbonyl (C=O) groups is 1. The number of anilines is 1. The molecule has 0 spiro atoms. The number of nitrogen functional groups attached to an aromatic ring is 1. The molecule has 1 fully saturated rings. The van der Waals surface area contributed by atoms with Gasteiger partial charge in [-0.1, -0.05) is 0 Å². The number of hydrogen-bond acceptors (Lipinski definition) is 6. The standard InChI is InChI=1S/C17H17F2N5O2.C5H10FN/c1-17(2,26)8-22-16(25)9-3-4-24-12(7-21-13(24)5-9)14-10(18)6-11(19)15(20)23-14;6-5-1-3-7-4-2-5/h3-7,26H,8H2,1-2H3,(H2,20,23)(H,22,25);5,7H,1-4H2. The molecule has 0 atom stereocenters. The third-order valence-corrected chi connectivity index (χ3v) is 4.92. The topological polar surface area (TPSA) is 118 Å². The molecule has 11 heteroatoms. The minimum absolute atomic E-state index is 0.0840. The second kappa shape index (κ2) is 10.2. The lowest BCUT2D eigenvalue weighted by atomic mass is 10.1. The Kier molecular flexibility index (Phi) is 7.54. The molecule has 0 aromatic carbocycles. The van der Waals surface area contributed by atoms with Gasteiger partial charge in [0.15, 0.2) is 17.5 Å². The number of carbonyl (C=O) groups excluding carboxylic acids is 1. The Morgan fingerprint density at radius 2 is 2.00 bits per heavy atom. The Bertz CT molecular complexity index is 1120. The maximum absolute atomic E-state index is 14.1. The number of alkyl halides is 1. The number of aliphatic hydroxyl groups is 1. The van der Waals surface area contributed by atoms with Gasteiger partial charge in [-0.25, -0.2) is 23.1 Å². The van der Waals surface area contributed by atoms with Crippen LogP contribution in [0.25, 0.3) is 17.0 Å². The Morgan fingerprint density at radius 3 is 2.61 bits per heavy atom. The van der Waals surface area contributed by atoms with Crippen LogP contribution in [0.2, 0.25) is 0 Å². The lowest BCUT2D eigenvalue weighted by molar-refractivity contribution is 0.0694. The van der Waals surface area contributed by atoms with Gasteiger partial charge in [-0.05, 0) is 51.9 Å². The smallest absolute Gasteiger partial charge is 0.251 e. The zero-order valence-corrected chi connectivity index (χ0v) is 18.4. The SMILES string of the molecule is CC(C)(O)CNC(=O)c1ccn2c(-c3nc(N)c(F)cc3F)cnc2c1.FC1CCNCC1. The van der Waals surface area contributed by atoms with Crippen LogP contribution in [-0.2, 0) is 0 Å². The minimum Gasteiger partial charge on any atom is -0.389 e. The van der Waals surface area contributed by atoms with E-state index in [0.717, 1.165) is 13.1 Å². The first kappa shape index (κ1) is 24.5. The molecule has 4 rings (SSSR count). The molecule has 4 heterocycles. The monoisotopic (exact) mass is 464 g/mol. The van der Waals surface area contributed by atoms with Crippen LogP contribution in [0.3, 0.4) is 0 Å². The van der Waals surface area contributed by atoms with Crippen molar-refractivity contribution in [3.8, 4) is 11.4 Å². The first-order chi connectivity index (χ1) is 15.5. The maximum atomic E-state index is 14.1. The highest BCUT2D eigenvalue weighted by atomic mass is 19.1. The number of halogens is 3. The fourth-order valence-electron chi connectivity index (χ4n) is 3.14. The molecule has 3 aromatic rings. The van der Waals surface area contributed by atoms with Crippen molar-refractivity contribution in [2.24, 2.45) is 0 Å². The van der Waals surface area contributed by atoms with Gasteiger partial charge in [-0.15, -0.1) is 0 Å². The van der Waals surface area contributed by atoms with Crippen LogP contribution in [0.15, 0.2) is 30.6 Å². The first-order valence-electron chi connectivity index (χ1n) is 10.5. The van der Waals surface area contributed by atoms with Crippen molar-refractivity contribution in [1.29, 1.82) is 0 Å². The van der Waals surface area contributed by atoms with Crippen LogP contribution in [0.5, 0.6) is 0 Å². The van der Waals surface area contributed by atoms with E-state index in [1.165, 1.54) is 28.9 Å². The van der Waals surface area contributed by atoms with Crippen molar-refractivity contribution in [2.75, 3.05) is 25.4 Å². The van der Waals surface area contributed by atoms with E-state index in [1.54, 1.807) is 13.8 Å². The quantitative estimate of drug-likeness (QED) is 0.471. The summed E-state index contributed by atoms with van der Waals surface area (Å²) in [5, 5.41) is 15.4. The van der Waals surface area contributed by atoms with E-state index in [4.69, 9.17) is 5.73 Å². The van der Waals surface area contributed by atoms with Gasteiger partial charge in [0, 0.05) is 24.4 Å². The van der Waals surface area contributed by atoms with Crippen LogP contribution < -0.4 is 16.4 Å². The van der Waals surface area contributed by atoms with E-state index in [0.29, 0.717) is 30.1 Å². The molecule has 0 aliphatic carbocycles. The highest BCUT2D eigenvalue weighted by molar-refractivity contribution is 5.95. The Labute approximate surface area is 189 Å². The number of fused-ring (bicyclic) bond motifs is 1. The summed E-state index contributed by atoms with van der Waals surface area (Å²) in [5.41, 5.74) is 5.21. The summed E-state index contributed by atoms with van der Waals surface area (Å²) in [6.07, 6.45) is 3.77. The van der Waals surface area contributed by atoms with Gasteiger partial charge >= 0.3 is 0 Å². The van der Waals surface area contributed by atoms with Crippen molar-refractivity contribution in [3.63, 3.8) is 0 Å². The Hall–Kier alpha value is -3.18. The molecule has 1 amide bonds. The summed E-state index contributed by atoms with van der Waals surface area (Å²) in [6, 6.07) is 3.69. The summed E-state index contributed by atoms with van der Waals surface area (Å²) in [7, 11) is 0. The van der Waals surface area contributed by atoms with Crippen LogP contribution in [0.1, 0.15) is 37.0 Å². The van der Waals surface area contributed by atoms with Crippen molar-refractivity contribution in [3.05, 3.63) is 47.8 Å². The molecule has 8 nitrogen and oxygen atoms in total. The van der Waals surface area contributed by atoms with Crippen LogP contribution >= 0.6 is 0 Å². The predicted octanol–water partition coefficient (Wildman–Crippen LogP) is 2.47. The van der Waals surface area contributed by atoms with Gasteiger partial charge in [0.2, 0.25) is 0 Å². The number of hydrogen-bond donors (Lipinski definition) is 4. The fraction of sp³-hybridized carbons (Fsp3) is 0.409. The van der Waals surface area contributed by atoms with Crippen LogP contribution in [0.4, 0.5) is 19.0 Å². The number of pyridine rings is 2. The molecule has 1 saturated heterocycles. The highest BCUT2D eigenvalue weighted by Gasteiger charge is 2.18. The maximum Gasteiger partial charge on any atom is 0.251 e. The third-order valence-electron chi connectivity index (χ3n) is 4.92. The van der Waals surface area contributed by atoms with Gasteiger partial charge in [-0.2, -0.15) is 0 Å². The fourth-order valence-corrected chi connectivity index (χ4v) is 3.14. The average Bonchev–Trinajstić information content (AvgIpc) is 3.18. The molecule has 178 valence electrons. The van der Waals surface area contributed by atoms with E-state index in [-0.39, 0.29) is 23.8 Å². The van der Waals surface area contributed by atoms with E-state index < -0.39 is 29.2 Å². The van der Waals surface area contributed by atoms with E-state index in [1.807, 2.05) is 0 Å². The predicted molar refractivity (Wildman–Crippen MR) is 118 cm³/mol. The average molecular weight is 464 g/mol. The molecule has 0 unspecified atom stereocenters. The molecule has 1 aliphatic rings. The van der Waals surface area contributed by atoms with Gasteiger partial charge in [0.25, 0.3) is 5.91 Å². The number of aromatic nitrogens is 3. The highest BCUT2D eigenvalue weighted by Crippen LogP contribution is 2.24. The summed E-state index contributed by atoms with van der Waals surface area (Å²) < 4.78 is 41.0. The molecular weight excluding hydrogens is 437 g/mol. The number of amides is 1. The number of rotatable bonds is 4. The number of imidazole rings is 1. The molecule has 33 heavy (non-hydrogen) atoms. The van der Waals surface area contributed by atoms with Gasteiger partial charge in [-0.3, -0.25) is 9.20 Å². The molecule has 0 saturated carbocycles. The van der Waals surface area contributed by atoms with Crippen molar-refractivity contribution in [1.82, 2.24) is 25.0 Å². The van der Waals surface area contributed by atoms with E-state index in [9.17, 15) is 23.1 Å². The van der Waals surface area contributed by atoms with Crippen LogP contribution in [-0.4, -0.2) is 56.8 Å². The summed E-state index contributed by atoms with van der Waals surface area (Å²) in [5.74, 6) is -2.61. The van der Waals surface area contributed by atoms with Gasteiger partial charge < -0.3 is 21.5 Å². The number of nitrogens with two attached hydrogens (primary N) is 1. The zero-order chi connectivity index (χ0) is 24.2. The van der Waals surface area contributed by atoms with E-state index in [2.05, 4.69) is 20.6 Å². The van der Waals surface area contributed by atoms with Crippen molar-refractivity contribution < 1.29 is 23.1 Å². The van der Waals surface area contributed by atoms with Gasteiger partial charge in [0.05, 0.1) is 17.5 Å². The normalized spacial score (nSPS) is 14.6. The lowest BCUT2D eigenvalue weighted by Gasteiger charge is -2.17. The molecular formula is C22H27F3N6O2. The van der Waals surface area contributed by atoms with Crippen molar-refractivity contribution in [2.45, 2.75) is 38.5 Å². The lowest BCUT2D eigenvalue weighted by Crippen LogP contribution is -2.38. The molecule has 0 bridgehead atoms. The molecule has 0 radical (unpaired) electrons. The van der Waals surface area contributed by atoms with Gasteiger partial charge in [0.1, 0.15) is 17.5 Å². The van der Waals surface area contributed by atoms with E-state index >= 15 is 0 Å². The zero-order valence-electron chi connectivity index (χ0n) is 18.4. The molecule has 5 N–H and O–H groups in total. The minimum atomic E-state index is -1.04. The second-order valence-electron chi connectivity index (χ2n) is 8.39. The molecule has 3 aromatic heterocycles. The number of piperidine rings is 1. The number of nitrogens with zero attached hydrogens (tertiary/aromatic N) is 3. The summed E-state index contributed by atoms with van der Waals surface area (Å²) >= 11 is 0. The molecule has 1 aliphatic heterocycles. The largest absolute Gasteiger partial charge is 0.389 e. The number of nitrogens with one attached hydrogen (secondary N) is 2. The Morgan fingerprint density at radius 1 is 1.30 bits per heavy atom. The Balaban J connectivity index is 0.000000374. The third kappa shape index (κ3) is 6.42. The van der Waals surface area contributed by atoms with Crippen LogP contribution in [0, 0.1) is 11.6 Å². The summed E-state index contributed by atoms with van der Waals surface area (Å²) in [4.78, 5) is 20.0. The van der Waals surface area contributed by atoms with Crippen molar-refractivity contribution >= 4 is 17.4 Å². The second-order valence-corrected chi connectivity index (χ2v) is 8.39. The first-order valence-corrected chi connectivity index (χ1v) is 10.5. The summed E-state index contributed by atoms with van der Waals surface area (Å²) in [6.45, 7) is 4.96.